The van der Waals surface area contributed by atoms with E-state index in [2.05, 4.69) is 27.3 Å². The molecule has 1 aromatic carbocycles. The zero-order valence-corrected chi connectivity index (χ0v) is 15.9. The van der Waals surface area contributed by atoms with E-state index in [9.17, 15) is 13.6 Å². The van der Waals surface area contributed by atoms with Gasteiger partial charge in [0.25, 0.3) is 5.88 Å². The Bertz CT molecular complexity index is 956. The third-order valence-corrected chi connectivity index (χ3v) is 5.67. The smallest absolute Gasteiger partial charge is 0.359 e. The fourth-order valence-corrected chi connectivity index (χ4v) is 3.79. The van der Waals surface area contributed by atoms with Crippen molar-refractivity contribution in [3.63, 3.8) is 0 Å². The summed E-state index contributed by atoms with van der Waals surface area (Å²) in [6.45, 7) is 0. The molecule has 28 heavy (non-hydrogen) atoms. The molecule has 1 saturated carbocycles. The number of aromatic nitrogens is 3. The van der Waals surface area contributed by atoms with E-state index in [1.54, 1.807) is 18.2 Å². The predicted molar refractivity (Wildman–Crippen MR) is 99.9 cm³/mol. The molecule has 0 spiro atoms. The molecule has 3 N–H and O–H groups in total. The van der Waals surface area contributed by atoms with Crippen LogP contribution in [-0.2, 0) is 11.1 Å². The van der Waals surface area contributed by atoms with Gasteiger partial charge in [0.05, 0.1) is 7.11 Å². The number of H-pyrrole nitrogens is 1. The van der Waals surface area contributed by atoms with Crippen LogP contribution >= 0.6 is 0 Å². The maximum Gasteiger partial charge on any atom is 0.359 e. The lowest BCUT2D eigenvalue weighted by molar-refractivity contribution is 0.0687. The average molecular weight is 405 g/mol. The number of nitrogens with one attached hydrogen (secondary N) is 1. The summed E-state index contributed by atoms with van der Waals surface area (Å²) in [7, 11) is 1.47. The van der Waals surface area contributed by atoms with Crippen molar-refractivity contribution in [1.82, 2.24) is 15.4 Å². The lowest BCUT2D eigenvalue weighted by atomic mass is 9.88. The molecule has 0 saturated heterocycles. The highest BCUT2D eigenvalue weighted by molar-refractivity contribution is 7.81. The molecule has 1 atom stereocenters. The second-order valence-electron chi connectivity index (χ2n) is 6.35. The summed E-state index contributed by atoms with van der Waals surface area (Å²) in [5.74, 6) is 5.16. The number of aromatic amines is 1. The molecule has 0 aliphatic heterocycles. The largest absolute Gasteiger partial charge is 0.497 e. The van der Waals surface area contributed by atoms with Gasteiger partial charge in [-0.25, -0.2) is 14.1 Å². The maximum absolute atomic E-state index is 11.9. The van der Waals surface area contributed by atoms with Gasteiger partial charge in [-0.1, -0.05) is 41.4 Å². The van der Waals surface area contributed by atoms with Gasteiger partial charge in [0, 0.05) is 11.6 Å². The van der Waals surface area contributed by atoms with E-state index in [-0.39, 0.29) is 17.3 Å². The van der Waals surface area contributed by atoms with Crippen LogP contribution < -0.4 is 9.47 Å². The SMILES string of the molecule is COc1cc(C#CC2(S(=O)O)CCCCC2)cc(Oc2nn[nH]c2C(=O)O)c1. The molecule has 2 aromatic rings. The Balaban J connectivity index is 1.93. The van der Waals surface area contributed by atoms with Gasteiger partial charge < -0.3 is 19.1 Å². The summed E-state index contributed by atoms with van der Waals surface area (Å²) in [5, 5.41) is 18.4. The van der Waals surface area contributed by atoms with Gasteiger partial charge in [-0.05, 0) is 25.0 Å². The third-order valence-electron chi connectivity index (χ3n) is 4.49. The Morgan fingerprint density at radius 3 is 2.61 bits per heavy atom. The van der Waals surface area contributed by atoms with Crippen LogP contribution in [-0.4, -0.2) is 47.1 Å². The van der Waals surface area contributed by atoms with E-state index in [1.807, 2.05) is 0 Å². The quantitative estimate of drug-likeness (QED) is 0.510. The molecular weight excluding hydrogens is 386 g/mol. The van der Waals surface area contributed by atoms with Gasteiger partial charge >= 0.3 is 5.97 Å². The number of carbonyl (C=O) groups is 1. The summed E-state index contributed by atoms with van der Waals surface area (Å²) in [6.07, 6.45) is 3.88. The Morgan fingerprint density at radius 2 is 1.96 bits per heavy atom. The molecule has 1 fully saturated rings. The monoisotopic (exact) mass is 405 g/mol. The zero-order chi connectivity index (χ0) is 20.1. The molecule has 148 valence electrons. The maximum atomic E-state index is 11.9. The van der Waals surface area contributed by atoms with Crippen molar-refractivity contribution in [2.45, 2.75) is 36.9 Å². The van der Waals surface area contributed by atoms with Crippen LogP contribution in [0.1, 0.15) is 48.2 Å². The van der Waals surface area contributed by atoms with Crippen LogP contribution in [0.15, 0.2) is 18.2 Å². The third kappa shape index (κ3) is 4.32. The predicted octanol–water partition coefficient (Wildman–Crippen LogP) is 2.58. The minimum atomic E-state index is -2.06. The fraction of sp³-hybridized carbons (Fsp3) is 0.389. The summed E-state index contributed by atoms with van der Waals surface area (Å²) in [5.41, 5.74) is 0.220. The minimum Gasteiger partial charge on any atom is -0.497 e. The molecule has 1 unspecified atom stereocenters. The van der Waals surface area contributed by atoms with Gasteiger partial charge in [0.1, 0.15) is 16.2 Å². The Labute approximate surface area is 163 Å². The lowest BCUT2D eigenvalue weighted by Crippen LogP contribution is -2.34. The molecule has 0 bridgehead atoms. The van der Waals surface area contributed by atoms with Gasteiger partial charge in [-0.15, -0.1) is 0 Å². The first kappa shape index (κ1) is 19.9. The van der Waals surface area contributed by atoms with Crippen LogP contribution in [0.4, 0.5) is 0 Å². The second kappa shape index (κ2) is 8.41. The highest BCUT2D eigenvalue weighted by Crippen LogP contribution is 2.33. The molecular formula is C18H19N3O6S. The van der Waals surface area contributed by atoms with E-state index in [0.717, 1.165) is 19.3 Å². The molecule has 1 aliphatic carbocycles. The van der Waals surface area contributed by atoms with Gasteiger partial charge in [-0.3, -0.25) is 0 Å². The van der Waals surface area contributed by atoms with E-state index < -0.39 is 21.8 Å². The van der Waals surface area contributed by atoms with Crippen LogP contribution in [0.5, 0.6) is 17.4 Å². The van der Waals surface area contributed by atoms with E-state index in [1.165, 1.54) is 7.11 Å². The molecule has 10 heteroatoms. The molecule has 1 aliphatic rings. The van der Waals surface area contributed by atoms with Crippen molar-refractivity contribution >= 4 is 17.0 Å². The summed E-state index contributed by atoms with van der Waals surface area (Å²) >= 11 is -2.06. The Hall–Kier alpha value is -2.90. The number of aromatic carboxylic acids is 1. The summed E-state index contributed by atoms with van der Waals surface area (Å²) in [6, 6.07) is 4.79. The highest BCUT2D eigenvalue weighted by atomic mass is 32.2. The normalized spacial score (nSPS) is 16.5. The number of benzene rings is 1. The Morgan fingerprint density at radius 1 is 1.25 bits per heavy atom. The van der Waals surface area contributed by atoms with E-state index in [4.69, 9.17) is 14.6 Å². The Kier molecular flexibility index (Phi) is 5.96. The standard InChI is InChI=1S/C18H19N3O6S/c1-26-13-9-12(5-8-18(28(24)25)6-3-2-4-7-18)10-14(11-13)27-16-15(17(22)23)19-21-20-16/h9-11H,2-4,6-7H2,1H3,(H,22,23)(H,24,25)(H,19,20,21). The lowest BCUT2D eigenvalue weighted by Gasteiger charge is -2.28. The van der Waals surface area contributed by atoms with Gasteiger partial charge in [-0.2, -0.15) is 0 Å². The van der Waals surface area contributed by atoms with Crippen LogP contribution in [0.25, 0.3) is 0 Å². The number of hydrogen-bond acceptors (Lipinski definition) is 6. The summed E-state index contributed by atoms with van der Waals surface area (Å²) < 4.78 is 31.5. The van der Waals surface area contributed by atoms with Crippen molar-refractivity contribution in [3.05, 3.63) is 29.5 Å². The van der Waals surface area contributed by atoms with Crippen LogP contribution in [0.2, 0.25) is 0 Å². The molecule has 1 aromatic heterocycles. The first-order chi connectivity index (χ1) is 13.4. The first-order valence-corrected chi connectivity index (χ1v) is 9.69. The average Bonchev–Trinajstić information content (AvgIpc) is 3.15. The van der Waals surface area contributed by atoms with Crippen molar-refractivity contribution in [1.29, 1.82) is 0 Å². The van der Waals surface area contributed by atoms with Gasteiger partial charge in [0.15, 0.2) is 11.1 Å². The molecule has 0 amide bonds. The zero-order valence-electron chi connectivity index (χ0n) is 15.1. The second-order valence-corrected chi connectivity index (χ2v) is 7.63. The fourth-order valence-electron chi connectivity index (χ4n) is 3.01. The van der Waals surface area contributed by atoms with E-state index >= 15 is 0 Å². The minimum absolute atomic E-state index is 0.195. The van der Waals surface area contributed by atoms with Gasteiger partial charge in [0.2, 0.25) is 5.69 Å². The van der Waals surface area contributed by atoms with E-state index in [0.29, 0.717) is 24.2 Å². The number of carboxylic acids is 1. The molecule has 1 heterocycles. The summed E-state index contributed by atoms with van der Waals surface area (Å²) in [4.78, 5) is 11.1. The number of methoxy groups -OCH3 is 1. The van der Waals surface area contributed by atoms with Crippen LogP contribution in [0.3, 0.4) is 0 Å². The van der Waals surface area contributed by atoms with Crippen LogP contribution in [0, 0.1) is 11.8 Å². The number of rotatable bonds is 5. The molecule has 3 rings (SSSR count). The van der Waals surface area contributed by atoms with Crippen molar-refractivity contribution < 1.29 is 28.1 Å². The van der Waals surface area contributed by atoms with Crippen molar-refractivity contribution in [2.75, 3.05) is 7.11 Å². The topological polar surface area (TPSA) is 135 Å². The van der Waals surface area contributed by atoms with Crippen molar-refractivity contribution in [2.24, 2.45) is 0 Å². The number of carboxylic acid groups (broad SMARTS) is 1. The number of ether oxygens (including phenoxy) is 2. The number of hydrogen-bond donors (Lipinski definition) is 3. The highest BCUT2D eigenvalue weighted by Gasteiger charge is 2.36. The molecule has 9 nitrogen and oxygen atoms in total. The molecule has 0 radical (unpaired) electrons. The van der Waals surface area contributed by atoms with Crippen molar-refractivity contribution in [3.8, 4) is 29.2 Å². The first-order valence-electron chi connectivity index (χ1n) is 8.59. The number of nitrogens with zero attached hydrogens (tertiary/aromatic N) is 2.